The minimum Gasteiger partial charge on any atom is -0.433 e. The molecule has 15 heavy (non-hydrogen) atoms. The summed E-state index contributed by atoms with van der Waals surface area (Å²) in [7, 11) is 1.48. The number of para-hydroxylation sites is 1. The monoisotopic (exact) mass is 211 g/mol. The summed E-state index contributed by atoms with van der Waals surface area (Å²) in [5.74, 6) is -1.78. The minimum absolute atomic E-state index is 0.154. The SMILES string of the molecule is C/C=C/C(=N\C)Oc1c(F)cccc1F. The van der Waals surface area contributed by atoms with Crippen molar-refractivity contribution in [2.24, 2.45) is 4.99 Å². The third kappa shape index (κ3) is 2.87. The molecule has 0 atom stereocenters. The standard InChI is InChI=1S/C11H11F2NO/c1-3-5-10(14-2)15-11-8(12)6-4-7-9(11)13/h3-7H,1-2H3/b5-3+,14-10+. The lowest BCUT2D eigenvalue weighted by molar-refractivity contribution is 0.449. The molecule has 1 aromatic rings. The second-order valence-electron chi connectivity index (χ2n) is 2.71. The highest BCUT2D eigenvalue weighted by atomic mass is 19.1. The highest BCUT2D eigenvalue weighted by molar-refractivity contribution is 5.89. The number of allylic oxidation sites excluding steroid dienone is 1. The van der Waals surface area contributed by atoms with Gasteiger partial charge in [0.15, 0.2) is 11.6 Å². The smallest absolute Gasteiger partial charge is 0.214 e. The van der Waals surface area contributed by atoms with Crippen LogP contribution in [0, 0.1) is 11.6 Å². The Kier molecular flexibility index (Phi) is 3.97. The van der Waals surface area contributed by atoms with Crippen molar-refractivity contribution in [1.82, 2.24) is 0 Å². The number of rotatable bonds is 2. The summed E-state index contributed by atoms with van der Waals surface area (Å²) in [6, 6.07) is 3.53. The second-order valence-corrected chi connectivity index (χ2v) is 2.71. The molecule has 0 aliphatic rings. The van der Waals surface area contributed by atoms with E-state index in [1.807, 2.05) is 0 Å². The van der Waals surface area contributed by atoms with Crippen molar-refractivity contribution in [2.45, 2.75) is 6.92 Å². The Morgan fingerprint density at radius 3 is 2.40 bits per heavy atom. The molecular formula is C11H11F2NO. The van der Waals surface area contributed by atoms with Crippen LogP contribution in [0.2, 0.25) is 0 Å². The summed E-state index contributed by atoms with van der Waals surface area (Å²) < 4.78 is 31.3. The van der Waals surface area contributed by atoms with Gasteiger partial charge in [-0.3, -0.25) is 4.99 Å². The number of benzene rings is 1. The van der Waals surface area contributed by atoms with Crippen LogP contribution < -0.4 is 4.74 Å². The van der Waals surface area contributed by atoms with Crippen LogP contribution in [0.3, 0.4) is 0 Å². The number of aliphatic imine (C=N–C) groups is 1. The number of halogens is 2. The first-order valence-electron chi connectivity index (χ1n) is 4.40. The van der Waals surface area contributed by atoms with Crippen LogP contribution >= 0.6 is 0 Å². The van der Waals surface area contributed by atoms with Crippen LogP contribution in [0.15, 0.2) is 35.3 Å². The molecule has 0 spiro atoms. The van der Waals surface area contributed by atoms with Crippen LogP contribution in [0.1, 0.15) is 6.92 Å². The van der Waals surface area contributed by atoms with E-state index >= 15 is 0 Å². The van der Waals surface area contributed by atoms with Gasteiger partial charge in [-0.2, -0.15) is 0 Å². The Hall–Kier alpha value is -1.71. The van der Waals surface area contributed by atoms with Crippen LogP contribution in [0.25, 0.3) is 0 Å². The molecule has 0 aliphatic heterocycles. The molecule has 0 heterocycles. The molecule has 0 aliphatic carbocycles. The maximum absolute atomic E-state index is 13.1. The summed E-state index contributed by atoms with van der Waals surface area (Å²) in [6.07, 6.45) is 3.19. The van der Waals surface area contributed by atoms with Gasteiger partial charge in [-0.1, -0.05) is 12.1 Å². The number of ether oxygens (including phenoxy) is 1. The topological polar surface area (TPSA) is 21.6 Å². The molecule has 1 aromatic carbocycles. The number of nitrogens with zero attached hydrogens (tertiary/aromatic N) is 1. The van der Waals surface area contributed by atoms with Crippen molar-refractivity contribution in [3.05, 3.63) is 42.0 Å². The van der Waals surface area contributed by atoms with E-state index in [2.05, 4.69) is 4.99 Å². The van der Waals surface area contributed by atoms with E-state index in [9.17, 15) is 8.78 Å². The van der Waals surface area contributed by atoms with Crippen molar-refractivity contribution >= 4 is 5.90 Å². The molecule has 0 N–H and O–H groups in total. The van der Waals surface area contributed by atoms with E-state index in [0.29, 0.717) is 0 Å². The zero-order valence-electron chi connectivity index (χ0n) is 8.50. The molecule has 0 amide bonds. The highest BCUT2D eigenvalue weighted by Crippen LogP contribution is 2.21. The Bertz CT molecular complexity index is 379. The minimum atomic E-state index is -0.749. The van der Waals surface area contributed by atoms with Crippen LogP contribution in [0.4, 0.5) is 8.78 Å². The molecule has 0 aromatic heterocycles. The number of hydrogen-bond acceptors (Lipinski definition) is 2. The summed E-state index contributed by atoms with van der Waals surface area (Å²) in [4.78, 5) is 3.73. The van der Waals surface area contributed by atoms with Gasteiger partial charge in [0.25, 0.3) is 0 Å². The molecule has 0 fully saturated rings. The Balaban J connectivity index is 2.98. The molecule has 0 unspecified atom stereocenters. The van der Waals surface area contributed by atoms with E-state index in [-0.39, 0.29) is 5.90 Å². The Labute approximate surface area is 86.9 Å². The average Bonchev–Trinajstić information content (AvgIpc) is 2.22. The van der Waals surface area contributed by atoms with Gasteiger partial charge in [-0.25, -0.2) is 8.78 Å². The summed E-state index contributed by atoms with van der Waals surface area (Å²) in [5, 5.41) is 0. The summed E-state index contributed by atoms with van der Waals surface area (Å²) in [6.45, 7) is 1.76. The van der Waals surface area contributed by atoms with Gasteiger partial charge in [-0.05, 0) is 25.1 Å². The van der Waals surface area contributed by atoms with E-state index < -0.39 is 17.4 Å². The Morgan fingerprint density at radius 1 is 1.33 bits per heavy atom. The van der Waals surface area contributed by atoms with Crippen LogP contribution in [0.5, 0.6) is 5.75 Å². The van der Waals surface area contributed by atoms with Crippen molar-refractivity contribution in [3.8, 4) is 5.75 Å². The zero-order valence-corrected chi connectivity index (χ0v) is 8.50. The fourth-order valence-electron chi connectivity index (χ4n) is 0.981. The third-order valence-electron chi connectivity index (χ3n) is 1.66. The molecule has 0 saturated carbocycles. The van der Waals surface area contributed by atoms with Crippen molar-refractivity contribution in [1.29, 1.82) is 0 Å². The quantitative estimate of drug-likeness (QED) is 0.544. The molecule has 4 heteroatoms. The highest BCUT2D eigenvalue weighted by Gasteiger charge is 2.11. The molecule has 2 nitrogen and oxygen atoms in total. The predicted molar refractivity (Wildman–Crippen MR) is 55.2 cm³/mol. The van der Waals surface area contributed by atoms with Gasteiger partial charge in [0.1, 0.15) is 0 Å². The van der Waals surface area contributed by atoms with Crippen molar-refractivity contribution in [2.75, 3.05) is 7.05 Å². The predicted octanol–water partition coefficient (Wildman–Crippen LogP) is 2.95. The van der Waals surface area contributed by atoms with Crippen LogP contribution in [-0.4, -0.2) is 12.9 Å². The van der Waals surface area contributed by atoms with E-state index in [1.165, 1.54) is 19.2 Å². The first-order chi connectivity index (χ1) is 7.19. The first-order valence-corrected chi connectivity index (χ1v) is 4.40. The average molecular weight is 211 g/mol. The first kappa shape index (κ1) is 11.4. The maximum Gasteiger partial charge on any atom is 0.214 e. The second kappa shape index (κ2) is 5.24. The van der Waals surface area contributed by atoms with E-state index in [0.717, 1.165) is 12.1 Å². The third-order valence-corrected chi connectivity index (χ3v) is 1.66. The molecule has 0 bridgehead atoms. The molecule has 1 rings (SSSR count). The lowest BCUT2D eigenvalue weighted by atomic mass is 10.3. The largest absolute Gasteiger partial charge is 0.433 e. The van der Waals surface area contributed by atoms with Gasteiger partial charge in [0.2, 0.25) is 11.6 Å². The van der Waals surface area contributed by atoms with E-state index in [1.54, 1.807) is 13.0 Å². The van der Waals surface area contributed by atoms with E-state index in [4.69, 9.17) is 4.74 Å². The normalized spacial score (nSPS) is 12.1. The molecule has 0 radical (unpaired) electrons. The van der Waals surface area contributed by atoms with Gasteiger partial charge in [0.05, 0.1) is 0 Å². The van der Waals surface area contributed by atoms with Crippen molar-refractivity contribution in [3.63, 3.8) is 0 Å². The van der Waals surface area contributed by atoms with Gasteiger partial charge in [0, 0.05) is 7.05 Å². The summed E-state index contributed by atoms with van der Waals surface area (Å²) in [5.41, 5.74) is 0. The maximum atomic E-state index is 13.1. The lowest BCUT2D eigenvalue weighted by Crippen LogP contribution is -2.07. The van der Waals surface area contributed by atoms with Gasteiger partial charge < -0.3 is 4.74 Å². The van der Waals surface area contributed by atoms with Gasteiger partial charge >= 0.3 is 0 Å². The summed E-state index contributed by atoms with van der Waals surface area (Å²) >= 11 is 0. The van der Waals surface area contributed by atoms with Crippen LogP contribution in [-0.2, 0) is 0 Å². The lowest BCUT2D eigenvalue weighted by Gasteiger charge is -2.06. The zero-order chi connectivity index (χ0) is 11.3. The van der Waals surface area contributed by atoms with Crippen molar-refractivity contribution < 1.29 is 13.5 Å². The molecule has 80 valence electrons. The fraction of sp³-hybridized carbons (Fsp3) is 0.182. The fourth-order valence-corrected chi connectivity index (χ4v) is 0.981. The number of hydrogen-bond donors (Lipinski definition) is 0. The van der Waals surface area contributed by atoms with Gasteiger partial charge in [-0.15, -0.1) is 0 Å². The molecular weight excluding hydrogens is 200 g/mol. The Morgan fingerprint density at radius 2 is 1.93 bits per heavy atom. The molecule has 0 saturated heterocycles.